The molecule has 25 heavy (non-hydrogen) atoms. The second-order valence-corrected chi connectivity index (χ2v) is 4.75. The third kappa shape index (κ3) is 10.6. The molecule has 0 spiro atoms. The van der Waals surface area contributed by atoms with E-state index in [-0.39, 0.29) is 5.69 Å². The molecule has 1 atom stereocenters. The number of carbonyl (C=O) groups excluding carboxylic acids is 3. The minimum Gasteiger partial charge on any atom is -0.471 e. The number of anilines is 1. The van der Waals surface area contributed by atoms with Crippen molar-refractivity contribution >= 4 is 24.0 Å². The van der Waals surface area contributed by atoms with Gasteiger partial charge in [0.15, 0.2) is 0 Å². The van der Waals surface area contributed by atoms with Crippen LogP contribution in [0.4, 0.5) is 10.1 Å². The van der Waals surface area contributed by atoms with Crippen LogP contribution in [-0.4, -0.2) is 38.6 Å². The highest BCUT2D eigenvalue weighted by molar-refractivity contribution is 6.08. The van der Waals surface area contributed by atoms with Crippen LogP contribution in [0.1, 0.15) is 19.3 Å². The molecule has 1 aliphatic rings. The van der Waals surface area contributed by atoms with Gasteiger partial charge in [0.25, 0.3) is 18.3 Å². The molecule has 2 rings (SSSR count). The summed E-state index contributed by atoms with van der Waals surface area (Å²) >= 11 is 0. The molecule has 0 heterocycles. The molecule has 0 aliphatic heterocycles. The molecule has 7 nitrogen and oxygen atoms in total. The lowest BCUT2D eigenvalue weighted by atomic mass is 10.2. The Hall–Kier alpha value is -2.74. The van der Waals surface area contributed by atoms with E-state index >= 15 is 0 Å². The van der Waals surface area contributed by atoms with Gasteiger partial charge in [-0.1, -0.05) is 18.2 Å². The lowest BCUT2D eigenvalue weighted by Crippen LogP contribution is -2.40. The van der Waals surface area contributed by atoms with E-state index in [1.54, 1.807) is 0 Å². The minimum atomic E-state index is -1.39. The fourth-order valence-corrected chi connectivity index (χ4v) is 1.72. The molecular weight excluding hydrogens is 331 g/mol. The summed E-state index contributed by atoms with van der Waals surface area (Å²) < 4.78 is 21.2. The second-order valence-electron chi connectivity index (χ2n) is 4.75. The van der Waals surface area contributed by atoms with Gasteiger partial charge in [0, 0.05) is 12.8 Å². The Balaban J connectivity index is 0.000000521. The molecule has 2 amide bonds. The summed E-state index contributed by atoms with van der Waals surface area (Å²) in [6, 6.07) is 5.26. The van der Waals surface area contributed by atoms with Gasteiger partial charge in [-0.2, -0.15) is 0 Å². The first-order valence-corrected chi connectivity index (χ1v) is 7.46. The topological polar surface area (TPSA) is 108 Å². The molecule has 8 heteroatoms. The quantitative estimate of drug-likeness (QED) is 0.476. The minimum absolute atomic E-state index is 0.230. The fraction of sp³-hybridized carbons (Fsp3) is 0.353. The van der Waals surface area contributed by atoms with Crippen molar-refractivity contribution in [1.29, 1.82) is 0 Å². The van der Waals surface area contributed by atoms with E-state index in [0.29, 0.717) is 6.47 Å². The SMILES string of the molecule is C1=CCCC1.COC(C(N)=O)C(=O)Nc1cccc(F)c1.COC=O. The van der Waals surface area contributed by atoms with E-state index in [9.17, 15) is 14.0 Å². The number of benzene rings is 1. The molecular formula is C17H23FN2O5. The first-order valence-electron chi connectivity index (χ1n) is 7.46. The number of hydrogen-bond donors (Lipinski definition) is 2. The summed E-state index contributed by atoms with van der Waals surface area (Å²) in [4.78, 5) is 31.2. The van der Waals surface area contributed by atoms with Crippen LogP contribution >= 0.6 is 0 Å². The van der Waals surface area contributed by atoms with Crippen LogP contribution in [0.3, 0.4) is 0 Å². The number of carbonyl (C=O) groups is 3. The zero-order chi connectivity index (χ0) is 19.1. The number of nitrogens with two attached hydrogens (primary N) is 1. The summed E-state index contributed by atoms with van der Waals surface area (Å²) in [6.45, 7) is 0.375. The number of allylic oxidation sites excluding steroid dienone is 2. The van der Waals surface area contributed by atoms with Gasteiger partial charge in [-0.15, -0.1) is 0 Å². The van der Waals surface area contributed by atoms with Gasteiger partial charge in [-0.05, 0) is 37.5 Å². The van der Waals surface area contributed by atoms with Gasteiger partial charge in [0.1, 0.15) is 5.82 Å². The molecule has 0 saturated heterocycles. The van der Waals surface area contributed by atoms with Gasteiger partial charge in [-0.3, -0.25) is 14.4 Å². The molecule has 0 fully saturated rings. The van der Waals surface area contributed by atoms with E-state index in [1.165, 1.54) is 51.7 Å². The number of methoxy groups -OCH3 is 2. The maximum absolute atomic E-state index is 12.8. The van der Waals surface area contributed by atoms with Crippen molar-refractivity contribution in [3.8, 4) is 0 Å². The van der Waals surface area contributed by atoms with Crippen molar-refractivity contribution in [1.82, 2.24) is 0 Å². The summed E-state index contributed by atoms with van der Waals surface area (Å²) in [5.41, 5.74) is 5.16. The van der Waals surface area contributed by atoms with E-state index in [2.05, 4.69) is 26.9 Å². The third-order valence-electron chi connectivity index (χ3n) is 2.83. The number of halogens is 1. The Morgan fingerprint density at radius 2 is 1.88 bits per heavy atom. The molecule has 1 aromatic carbocycles. The summed E-state index contributed by atoms with van der Waals surface area (Å²) in [5.74, 6) is -2.14. The summed E-state index contributed by atoms with van der Waals surface area (Å²) in [6.07, 6.45) is 7.11. The standard InChI is InChI=1S/C10H11FN2O3.C5H8.C2H4O2/c1-16-8(9(12)14)10(15)13-7-4-2-3-6(11)5-7;1-2-4-5-3-1;1-4-2-3/h2-5,8H,1H3,(H2,12,14)(H,13,15);1-2H,3-5H2;2H,1H3. The van der Waals surface area contributed by atoms with Crippen molar-refractivity contribution in [3.63, 3.8) is 0 Å². The predicted octanol–water partition coefficient (Wildman–Crippen LogP) is 1.78. The van der Waals surface area contributed by atoms with E-state index in [0.717, 1.165) is 6.07 Å². The van der Waals surface area contributed by atoms with Crippen LogP contribution in [0.2, 0.25) is 0 Å². The normalized spacial score (nSPS) is 12.6. The Morgan fingerprint density at radius 3 is 2.24 bits per heavy atom. The zero-order valence-corrected chi connectivity index (χ0v) is 14.2. The maximum atomic E-state index is 12.8. The van der Waals surface area contributed by atoms with Crippen molar-refractivity contribution in [2.24, 2.45) is 5.73 Å². The van der Waals surface area contributed by atoms with Crippen LogP contribution in [0.15, 0.2) is 36.4 Å². The Labute approximate surface area is 146 Å². The van der Waals surface area contributed by atoms with Crippen LogP contribution in [0, 0.1) is 5.82 Å². The van der Waals surface area contributed by atoms with Crippen molar-refractivity contribution < 1.29 is 28.2 Å². The lowest BCUT2D eigenvalue weighted by Gasteiger charge is -2.11. The highest BCUT2D eigenvalue weighted by atomic mass is 19.1. The molecule has 1 aliphatic carbocycles. The smallest absolute Gasteiger partial charge is 0.292 e. The molecule has 0 radical (unpaired) electrons. The van der Waals surface area contributed by atoms with Gasteiger partial charge < -0.3 is 20.5 Å². The number of ether oxygens (including phenoxy) is 2. The van der Waals surface area contributed by atoms with E-state index < -0.39 is 23.7 Å². The highest BCUT2D eigenvalue weighted by Gasteiger charge is 2.23. The zero-order valence-electron chi connectivity index (χ0n) is 14.2. The number of primary amides is 1. The monoisotopic (exact) mass is 354 g/mol. The number of rotatable bonds is 5. The van der Waals surface area contributed by atoms with Gasteiger partial charge in [-0.25, -0.2) is 4.39 Å². The fourth-order valence-electron chi connectivity index (χ4n) is 1.72. The molecule has 1 unspecified atom stereocenters. The number of hydrogen-bond acceptors (Lipinski definition) is 5. The first kappa shape index (κ1) is 22.3. The van der Waals surface area contributed by atoms with Gasteiger partial charge >= 0.3 is 0 Å². The molecule has 0 saturated carbocycles. The van der Waals surface area contributed by atoms with Crippen molar-refractivity contribution in [3.05, 3.63) is 42.2 Å². The Morgan fingerprint density at radius 1 is 1.28 bits per heavy atom. The summed E-state index contributed by atoms with van der Waals surface area (Å²) in [7, 11) is 2.49. The van der Waals surface area contributed by atoms with Crippen LogP contribution in [-0.2, 0) is 23.9 Å². The van der Waals surface area contributed by atoms with Crippen LogP contribution in [0.5, 0.6) is 0 Å². The molecule has 3 N–H and O–H groups in total. The molecule has 0 bridgehead atoms. The van der Waals surface area contributed by atoms with E-state index in [1.807, 2.05) is 0 Å². The summed E-state index contributed by atoms with van der Waals surface area (Å²) in [5, 5.41) is 2.31. The number of amides is 2. The third-order valence-corrected chi connectivity index (χ3v) is 2.83. The Bertz CT molecular complexity index is 572. The second kappa shape index (κ2) is 13.7. The lowest BCUT2D eigenvalue weighted by molar-refractivity contribution is -0.138. The van der Waals surface area contributed by atoms with Gasteiger partial charge in [0.2, 0.25) is 6.10 Å². The van der Waals surface area contributed by atoms with Crippen molar-refractivity contribution in [2.45, 2.75) is 25.4 Å². The first-order chi connectivity index (χ1) is 12.0. The molecule has 1 aromatic rings. The van der Waals surface area contributed by atoms with Crippen molar-refractivity contribution in [2.75, 3.05) is 19.5 Å². The van der Waals surface area contributed by atoms with E-state index in [4.69, 9.17) is 10.5 Å². The van der Waals surface area contributed by atoms with Crippen LogP contribution in [0.25, 0.3) is 0 Å². The highest BCUT2D eigenvalue weighted by Crippen LogP contribution is 2.09. The molecule has 138 valence electrons. The number of nitrogens with one attached hydrogen (secondary N) is 1. The average molecular weight is 354 g/mol. The Kier molecular flexibility index (Phi) is 12.2. The van der Waals surface area contributed by atoms with Crippen LogP contribution < -0.4 is 11.1 Å². The molecule has 0 aromatic heterocycles. The average Bonchev–Trinajstić information content (AvgIpc) is 3.15. The van der Waals surface area contributed by atoms with Gasteiger partial charge in [0.05, 0.1) is 7.11 Å². The largest absolute Gasteiger partial charge is 0.471 e. The predicted molar refractivity (Wildman–Crippen MR) is 91.1 cm³/mol. The maximum Gasteiger partial charge on any atom is 0.292 e.